The third-order valence-electron chi connectivity index (χ3n) is 3.15. The number of thioether (sulfide) groups is 1. The van der Waals surface area contributed by atoms with Crippen LogP contribution in [-0.4, -0.2) is 40.2 Å². The van der Waals surface area contributed by atoms with Gasteiger partial charge in [0.15, 0.2) is 5.16 Å². The number of nitrogens with one attached hydrogen (secondary N) is 3. The van der Waals surface area contributed by atoms with E-state index in [-0.39, 0.29) is 5.91 Å². The van der Waals surface area contributed by atoms with E-state index < -0.39 is 11.3 Å². The molecule has 0 radical (unpaired) electrons. The zero-order valence-electron chi connectivity index (χ0n) is 13.9. The lowest BCUT2D eigenvalue weighted by atomic mass is 10.2. The highest BCUT2D eigenvalue weighted by atomic mass is 32.2. The van der Waals surface area contributed by atoms with Gasteiger partial charge < -0.3 is 10.6 Å². The van der Waals surface area contributed by atoms with Crippen LogP contribution in [0.4, 0.5) is 10.6 Å². The molecule has 3 amide bonds. The van der Waals surface area contributed by atoms with Crippen molar-refractivity contribution in [2.24, 2.45) is 0 Å². The molecule has 0 aliphatic carbocycles. The molecule has 0 fully saturated rings. The molecule has 0 aliphatic heterocycles. The van der Waals surface area contributed by atoms with E-state index in [1.807, 2.05) is 31.2 Å². The summed E-state index contributed by atoms with van der Waals surface area (Å²) in [5, 5.41) is 8.96. The average Bonchev–Trinajstić information content (AvgIpc) is 2.55. The van der Waals surface area contributed by atoms with Crippen molar-refractivity contribution in [3.8, 4) is 0 Å². The van der Waals surface area contributed by atoms with Crippen LogP contribution < -0.4 is 16.0 Å². The minimum Gasteiger partial charge on any atom is -0.370 e. The van der Waals surface area contributed by atoms with Gasteiger partial charge in [-0.3, -0.25) is 10.1 Å². The number of rotatable bonds is 6. The molecule has 0 saturated carbocycles. The molecule has 0 unspecified atom stereocenters. The summed E-state index contributed by atoms with van der Waals surface area (Å²) in [7, 11) is 0. The maximum Gasteiger partial charge on any atom is 0.321 e. The van der Waals surface area contributed by atoms with Gasteiger partial charge in [0, 0.05) is 18.5 Å². The number of imide groups is 1. The van der Waals surface area contributed by atoms with Crippen LogP contribution in [0.5, 0.6) is 0 Å². The van der Waals surface area contributed by atoms with Crippen molar-refractivity contribution in [3.05, 3.63) is 24.3 Å². The number of carbonyl (C=O) groups excluding carboxylic acids is 2. The van der Waals surface area contributed by atoms with Crippen LogP contribution in [0.2, 0.25) is 0 Å². The van der Waals surface area contributed by atoms with Gasteiger partial charge in [-0.15, -0.1) is 0 Å². The van der Waals surface area contributed by atoms with Crippen molar-refractivity contribution in [2.75, 3.05) is 18.4 Å². The van der Waals surface area contributed by atoms with E-state index in [4.69, 9.17) is 0 Å². The van der Waals surface area contributed by atoms with Gasteiger partial charge in [0.05, 0.1) is 10.8 Å². The molecule has 24 heavy (non-hydrogen) atoms. The molecule has 0 aliphatic rings. The smallest absolute Gasteiger partial charge is 0.321 e. The molecule has 0 bridgehead atoms. The summed E-state index contributed by atoms with van der Waals surface area (Å²) in [6.45, 7) is 6.68. The Bertz CT molecular complexity index is 737. The number of urea groups is 1. The Morgan fingerprint density at radius 1 is 1.17 bits per heavy atom. The number of benzene rings is 1. The van der Waals surface area contributed by atoms with E-state index in [0.717, 1.165) is 23.3 Å². The normalized spacial score (nSPS) is 11.8. The Morgan fingerprint density at radius 2 is 1.92 bits per heavy atom. The number of anilines is 1. The third-order valence-corrected chi connectivity index (χ3v) is 4.11. The van der Waals surface area contributed by atoms with Gasteiger partial charge in [-0.1, -0.05) is 23.9 Å². The minimum atomic E-state index is -0.497. The first-order chi connectivity index (χ1) is 11.5. The number of carbonyl (C=O) groups is 2. The predicted octanol–water partition coefficient (Wildman–Crippen LogP) is 2.39. The Labute approximate surface area is 145 Å². The summed E-state index contributed by atoms with van der Waals surface area (Å²) in [6.07, 6.45) is 0. The molecule has 1 heterocycles. The zero-order valence-corrected chi connectivity index (χ0v) is 14.7. The van der Waals surface area contributed by atoms with Crippen molar-refractivity contribution in [2.45, 2.75) is 31.2 Å². The second kappa shape index (κ2) is 8.49. The molecule has 0 saturated heterocycles. The molecular formula is C16H21N5O2S. The van der Waals surface area contributed by atoms with Gasteiger partial charge in [-0.2, -0.15) is 0 Å². The molecule has 1 atom stereocenters. The Balaban J connectivity index is 2.16. The molecule has 128 valence electrons. The molecule has 1 aromatic heterocycles. The second-order valence-electron chi connectivity index (χ2n) is 5.01. The van der Waals surface area contributed by atoms with E-state index in [1.165, 1.54) is 11.8 Å². The second-order valence-corrected chi connectivity index (χ2v) is 6.32. The highest BCUT2D eigenvalue weighted by molar-refractivity contribution is 8.00. The van der Waals surface area contributed by atoms with Gasteiger partial charge in [0.2, 0.25) is 5.91 Å². The van der Waals surface area contributed by atoms with Crippen LogP contribution in [0.15, 0.2) is 29.4 Å². The number of hydrogen-bond acceptors (Lipinski definition) is 6. The van der Waals surface area contributed by atoms with Crippen LogP contribution in [0.3, 0.4) is 0 Å². The molecule has 1 aromatic carbocycles. The standard InChI is InChI=1S/C16H21N5O2S/c1-4-17-13-11-8-6-7-9-12(11)19-16(20-13)24-10(3)14(22)21-15(23)18-5-2/h6-10H,4-5H2,1-3H3,(H,17,19,20)(H2,18,21,22,23)/t10-/m0/s1. The first-order valence-electron chi connectivity index (χ1n) is 7.81. The Kier molecular flexibility index (Phi) is 6.36. The Morgan fingerprint density at radius 3 is 2.62 bits per heavy atom. The van der Waals surface area contributed by atoms with Gasteiger partial charge in [0.25, 0.3) is 0 Å². The fourth-order valence-electron chi connectivity index (χ4n) is 2.04. The Hall–Kier alpha value is -2.35. The highest BCUT2D eigenvalue weighted by Gasteiger charge is 2.19. The topological polar surface area (TPSA) is 96.0 Å². The molecule has 8 heteroatoms. The summed E-state index contributed by atoms with van der Waals surface area (Å²) in [5.74, 6) is 0.356. The minimum absolute atomic E-state index is 0.382. The lowest BCUT2D eigenvalue weighted by Gasteiger charge is -2.12. The van der Waals surface area contributed by atoms with Crippen LogP contribution in [0.25, 0.3) is 10.9 Å². The van der Waals surface area contributed by atoms with Crippen LogP contribution in [-0.2, 0) is 4.79 Å². The quantitative estimate of drug-likeness (QED) is 0.548. The van der Waals surface area contributed by atoms with E-state index in [2.05, 4.69) is 25.9 Å². The van der Waals surface area contributed by atoms with Crippen molar-refractivity contribution in [1.29, 1.82) is 0 Å². The molecular weight excluding hydrogens is 326 g/mol. The summed E-state index contributed by atoms with van der Waals surface area (Å²) < 4.78 is 0. The third kappa shape index (κ3) is 4.58. The van der Waals surface area contributed by atoms with E-state index in [1.54, 1.807) is 13.8 Å². The van der Waals surface area contributed by atoms with Crippen molar-refractivity contribution in [1.82, 2.24) is 20.6 Å². The average molecular weight is 347 g/mol. The van der Waals surface area contributed by atoms with Crippen molar-refractivity contribution < 1.29 is 9.59 Å². The summed E-state index contributed by atoms with van der Waals surface area (Å²) >= 11 is 1.21. The van der Waals surface area contributed by atoms with Crippen LogP contribution >= 0.6 is 11.8 Å². The maximum absolute atomic E-state index is 12.0. The zero-order chi connectivity index (χ0) is 17.5. The maximum atomic E-state index is 12.0. The summed E-state index contributed by atoms with van der Waals surface area (Å²) in [5.41, 5.74) is 0.808. The number of amides is 3. The van der Waals surface area contributed by atoms with E-state index >= 15 is 0 Å². The van der Waals surface area contributed by atoms with E-state index in [0.29, 0.717) is 11.7 Å². The number of aromatic nitrogens is 2. The molecule has 0 spiro atoms. The summed E-state index contributed by atoms with van der Waals surface area (Å²) in [6, 6.07) is 7.20. The van der Waals surface area contributed by atoms with Crippen LogP contribution in [0, 0.1) is 0 Å². The van der Waals surface area contributed by atoms with Gasteiger partial charge in [-0.05, 0) is 32.9 Å². The fourth-order valence-corrected chi connectivity index (χ4v) is 2.82. The monoisotopic (exact) mass is 347 g/mol. The number of hydrogen-bond donors (Lipinski definition) is 3. The van der Waals surface area contributed by atoms with E-state index in [9.17, 15) is 9.59 Å². The first-order valence-corrected chi connectivity index (χ1v) is 8.69. The van der Waals surface area contributed by atoms with Crippen LogP contribution in [0.1, 0.15) is 20.8 Å². The predicted molar refractivity (Wildman–Crippen MR) is 96.2 cm³/mol. The molecule has 2 aromatic rings. The first kappa shape index (κ1) is 18.0. The van der Waals surface area contributed by atoms with Gasteiger partial charge in [-0.25, -0.2) is 14.8 Å². The lowest BCUT2D eigenvalue weighted by Crippen LogP contribution is -2.42. The number of nitrogens with zero attached hydrogens (tertiary/aromatic N) is 2. The molecule has 3 N–H and O–H groups in total. The SMILES string of the molecule is CCNC(=O)NC(=O)[C@H](C)Sc1nc(NCC)c2ccccc2n1. The molecule has 7 nitrogen and oxygen atoms in total. The number of para-hydroxylation sites is 1. The molecule has 2 rings (SSSR count). The number of fused-ring (bicyclic) bond motifs is 1. The fraction of sp³-hybridized carbons (Fsp3) is 0.375. The lowest BCUT2D eigenvalue weighted by molar-refractivity contribution is -0.119. The van der Waals surface area contributed by atoms with Crippen molar-refractivity contribution in [3.63, 3.8) is 0 Å². The van der Waals surface area contributed by atoms with Gasteiger partial charge >= 0.3 is 6.03 Å². The van der Waals surface area contributed by atoms with Gasteiger partial charge in [0.1, 0.15) is 5.82 Å². The van der Waals surface area contributed by atoms with Crippen molar-refractivity contribution >= 4 is 40.4 Å². The summed E-state index contributed by atoms with van der Waals surface area (Å²) in [4.78, 5) is 32.4. The largest absolute Gasteiger partial charge is 0.370 e. The highest BCUT2D eigenvalue weighted by Crippen LogP contribution is 2.26.